The second-order valence-corrected chi connectivity index (χ2v) is 5.73. The van der Waals surface area contributed by atoms with Gasteiger partial charge in [-0.05, 0) is 31.2 Å². The van der Waals surface area contributed by atoms with Crippen molar-refractivity contribution in [3.63, 3.8) is 0 Å². The van der Waals surface area contributed by atoms with Crippen LogP contribution in [-0.2, 0) is 0 Å². The molecule has 0 amide bonds. The molecule has 0 unspecified atom stereocenters. The third-order valence-electron chi connectivity index (χ3n) is 3.30. The number of hydrogen-bond acceptors (Lipinski definition) is 6. The minimum atomic E-state index is 0.611. The molecule has 0 fully saturated rings. The molecule has 0 spiro atoms. The van der Waals surface area contributed by atoms with Crippen molar-refractivity contribution in [1.82, 2.24) is 24.8 Å². The number of para-hydroxylation sites is 1. The molecule has 6 nitrogen and oxygen atoms in total. The van der Waals surface area contributed by atoms with Gasteiger partial charge >= 0.3 is 0 Å². The number of benzene rings is 1. The Morgan fingerprint density at radius 2 is 1.96 bits per heavy atom. The Bertz CT molecular complexity index is 947. The van der Waals surface area contributed by atoms with Gasteiger partial charge in [0.15, 0.2) is 5.01 Å². The lowest BCUT2D eigenvalue weighted by Crippen LogP contribution is -1.95. The molecule has 4 rings (SSSR count). The summed E-state index contributed by atoms with van der Waals surface area (Å²) in [5.74, 6) is 1.45. The van der Waals surface area contributed by atoms with E-state index in [0.717, 1.165) is 27.0 Å². The van der Waals surface area contributed by atoms with Crippen LogP contribution in [0.1, 0.15) is 6.92 Å². The molecule has 0 atom stereocenters. The highest BCUT2D eigenvalue weighted by atomic mass is 32.1. The molecule has 3 aromatic heterocycles. The maximum absolute atomic E-state index is 5.69. The molecule has 3 heterocycles. The molecule has 4 aromatic rings. The van der Waals surface area contributed by atoms with Gasteiger partial charge in [0.05, 0.1) is 12.2 Å². The van der Waals surface area contributed by atoms with E-state index in [0.29, 0.717) is 12.4 Å². The number of rotatable bonds is 4. The molecule has 0 aliphatic carbocycles. The summed E-state index contributed by atoms with van der Waals surface area (Å²) in [4.78, 5) is 5.05. The molecule has 114 valence electrons. The monoisotopic (exact) mass is 323 g/mol. The second kappa shape index (κ2) is 5.77. The van der Waals surface area contributed by atoms with Gasteiger partial charge in [0.2, 0.25) is 10.8 Å². The molecule has 1 aromatic carbocycles. The maximum Gasteiger partial charge on any atom is 0.235 e. The second-order valence-electron chi connectivity index (χ2n) is 4.77. The van der Waals surface area contributed by atoms with E-state index in [1.165, 1.54) is 11.3 Å². The zero-order chi connectivity index (χ0) is 15.6. The van der Waals surface area contributed by atoms with Crippen LogP contribution < -0.4 is 4.74 Å². The molecule has 0 radical (unpaired) electrons. The van der Waals surface area contributed by atoms with Gasteiger partial charge in [-0.1, -0.05) is 29.5 Å². The zero-order valence-corrected chi connectivity index (χ0v) is 13.2. The highest BCUT2D eigenvalue weighted by molar-refractivity contribution is 7.19. The van der Waals surface area contributed by atoms with Crippen molar-refractivity contribution in [2.45, 2.75) is 6.92 Å². The molecule has 23 heavy (non-hydrogen) atoms. The van der Waals surface area contributed by atoms with E-state index in [-0.39, 0.29) is 0 Å². The lowest BCUT2D eigenvalue weighted by molar-refractivity contribution is 0.341. The molecule has 7 heteroatoms. The maximum atomic E-state index is 5.69. The van der Waals surface area contributed by atoms with Gasteiger partial charge in [0.25, 0.3) is 0 Å². The van der Waals surface area contributed by atoms with E-state index in [1.54, 1.807) is 10.7 Å². The number of hydrogen-bond donors (Lipinski definition) is 0. The van der Waals surface area contributed by atoms with Crippen LogP contribution in [0.3, 0.4) is 0 Å². The van der Waals surface area contributed by atoms with Crippen LogP contribution in [-0.4, -0.2) is 31.4 Å². The number of ether oxygens (including phenoxy) is 1. The van der Waals surface area contributed by atoms with Crippen LogP contribution >= 0.6 is 11.3 Å². The smallest absolute Gasteiger partial charge is 0.235 e. The van der Waals surface area contributed by atoms with Crippen molar-refractivity contribution in [2.24, 2.45) is 0 Å². The van der Waals surface area contributed by atoms with Gasteiger partial charge in [-0.15, -0.1) is 10.2 Å². The number of nitrogens with zero attached hydrogens (tertiary/aromatic N) is 5. The summed E-state index contributed by atoms with van der Waals surface area (Å²) in [5.41, 5.74) is 1.70. The van der Waals surface area contributed by atoms with Crippen LogP contribution in [0.25, 0.3) is 27.1 Å². The molecule has 0 bridgehead atoms. The molecular weight excluding hydrogens is 310 g/mol. The average molecular weight is 323 g/mol. The van der Waals surface area contributed by atoms with Crippen LogP contribution in [0.4, 0.5) is 0 Å². The van der Waals surface area contributed by atoms with Gasteiger partial charge in [0, 0.05) is 6.20 Å². The topological polar surface area (TPSA) is 65.2 Å². The predicted molar refractivity (Wildman–Crippen MR) is 88.5 cm³/mol. The fourth-order valence-corrected chi connectivity index (χ4v) is 3.17. The van der Waals surface area contributed by atoms with Crippen molar-refractivity contribution < 1.29 is 4.74 Å². The van der Waals surface area contributed by atoms with Gasteiger partial charge < -0.3 is 4.74 Å². The van der Waals surface area contributed by atoms with E-state index < -0.39 is 0 Å². The van der Waals surface area contributed by atoms with E-state index in [4.69, 9.17) is 4.74 Å². The molecule has 0 aliphatic heterocycles. The summed E-state index contributed by atoms with van der Waals surface area (Å²) in [6.45, 7) is 2.58. The van der Waals surface area contributed by atoms with Gasteiger partial charge in [-0.2, -0.15) is 9.61 Å². The first-order valence-electron chi connectivity index (χ1n) is 7.22. The van der Waals surface area contributed by atoms with E-state index in [1.807, 2.05) is 49.4 Å². The van der Waals surface area contributed by atoms with Crippen molar-refractivity contribution in [1.29, 1.82) is 0 Å². The predicted octanol–water partition coefficient (Wildman–Crippen LogP) is 3.31. The summed E-state index contributed by atoms with van der Waals surface area (Å²) in [6, 6.07) is 13.5. The Morgan fingerprint density at radius 1 is 1.09 bits per heavy atom. The highest BCUT2D eigenvalue weighted by Gasteiger charge is 2.17. The lowest BCUT2D eigenvalue weighted by atomic mass is 10.2. The van der Waals surface area contributed by atoms with Crippen LogP contribution in [0.2, 0.25) is 0 Å². The molecule has 0 aliphatic rings. The Balaban J connectivity index is 1.84. The first-order valence-corrected chi connectivity index (χ1v) is 8.04. The van der Waals surface area contributed by atoms with Crippen LogP contribution in [0.5, 0.6) is 5.75 Å². The summed E-state index contributed by atoms with van der Waals surface area (Å²) in [5, 5.41) is 13.9. The third-order valence-corrected chi connectivity index (χ3v) is 4.23. The normalized spacial score (nSPS) is 11.0. The lowest BCUT2D eigenvalue weighted by Gasteiger charge is -2.06. The molecule has 0 saturated heterocycles. The summed E-state index contributed by atoms with van der Waals surface area (Å²) in [6.07, 6.45) is 1.73. The van der Waals surface area contributed by atoms with Gasteiger partial charge in [-0.25, -0.2) is 0 Å². The Morgan fingerprint density at radius 3 is 2.78 bits per heavy atom. The molecular formula is C16H13N5OS. The highest BCUT2D eigenvalue weighted by Crippen LogP contribution is 2.33. The first-order chi connectivity index (χ1) is 11.4. The summed E-state index contributed by atoms with van der Waals surface area (Å²) in [7, 11) is 0. The zero-order valence-electron chi connectivity index (χ0n) is 12.4. The van der Waals surface area contributed by atoms with Gasteiger partial charge in [-0.3, -0.25) is 4.98 Å². The number of aromatic nitrogens is 5. The Labute approximate surface area is 136 Å². The average Bonchev–Trinajstić information content (AvgIpc) is 3.17. The van der Waals surface area contributed by atoms with Crippen LogP contribution in [0.15, 0.2) is 48.7 Å². The fourth-order valence-electron chi connectivity index (χ4n) is 2.31. The Kier molecular flexibility index (Phi) is 3.47. The number of pyridine rings is 1. The quantitative estimate of drug-likeness (QED) is 0.576. The SMILES string of the molecule is CCOc1ccccc1-c1nn2c(-c3ccccn3)nnc2s1. The number of fused-ring (bicyclic) bond motifs is 1. The molecule has 0 N–H and O–H groups in total. The molecule has 0 saturated carbocycles. The Hall–Kier alpha value is -2.80. The van der Waals surface area contributed by atoms with Crippen molar-refractivity contribution >= 4 is 16.3 Å². The fraction of sp³-hybridized carbons (Fsp3) is 0.125. The van der Waals surface area contributed by atoms with Crippen molar-refractivity contribution in [3.05, 3.63) is 48.7 Å². The largest absolute Gasteiger partial charge is 0.493 e. The summed E-state index contributed by atoms with van der Waals surface area (Å²) >= 11 is 1.48. The van der Waals surface area contributed by atoms with Crippen molar-refractivity contribution in [2.75, 3.05) is 6.61 Å². The van der Waals surface area contributed by atoms with Gasteiger partial charge in [0.1, 0.15) is 11.4 Å². The summed E-state index contributed by atoms with van der Waals surface area (Å²) < 4.78 is 7.42. The minimum Gasteiger partial charge on any atom is -0.493 e. The van der Waals surface area contributed by atoms with E-state index in [9.17, 15) is 0 Å². The first kappa shape index (κ1) is 13.8. The van der Waals surface area contributed by atoms with E-state index in [2.05, 4.69) is 20.3 Å². The van der Waals surface area contributed by atoms with Crippen LogP contribution in [0, 0.1) is 0 Å². The van der Waals surface area contributed by atoms with E-state index >= 15 is 0 Å². The third kappa shape index (κ3) is 2.44. The minimum absolute atomic E-state index is 0.611. The standard InChI is InChI=1S/C16H13N5OS/c1-2-22-13-9-4-3-7-11(13)15-20-21-14(18-19-16(21)23-15)12-8-5-6-10-17-12/h3-10H,2H2,1H3. The van der Waals surface area contributed by atoms with Crippen molar-refractivity contribution in [3.8, 4) is 27.8 Å².